The molecular formula is C20H30N4O3. The lowest BCUT2D eigenvalue weighted by Crippen LogP contribution is -2.56. The van der Waals surface area contributed by atoms with Crippen LogP contribution in [0, 0.1) is 0 Å². The number of carbonyl (C=O) groups excluding carboxylic acids is 2. The van der Waals surface area contributed by atoms with Crippen LogP contribution in [0.1, 0.15) is 26.2 Å². The first-order chi connectivity index (χ1) is 13.1. The van der Waals surface area contributed by atoms with E-state index in [1.54, 1.807) is 12.0 Å². The average molecular weight is 374 g/mol. The molecule has 7 nitrogen and oxygen atoms in total. The van der Waals surface area contributed by atoms with Crippen LogP contribution in [0.2, 0.25) is 0 Å². The Morgan fingerprint density at radius 2 is 1.89 bits per heavy atom. The van der Waals surface area contributed by atoms with Crippen molar-refractivity contribution in [1.29, 1.82) is 0 Å². The van der Waals surface area contributed by atoms with Gasteiger partial charge in [0, 0.05) is 44.3 Å². The second kappa shape index (κ2) is 9.08. The first-order valence-corrected chi connectivity index (χ1v) is 9.78. The van der Waals surface area contributed by atoms with Crippen molar-refractivity contribution in [2.24, 2.45) is 0 Å². The van der Waals surface area contributed by atoms with Crippen LogP contribution < -0.4 is 15.0 Å². The first-order valence-electron chi connectivity index (χ1n) is 9.78. The molecule has 2 saturated heterocycles. The summed E-state index contributed by atoms with van der Waals surface area (Å²) in [6.07, 6.45) is 2.55. The standard InChI is InChI=1S/C20H30N4O3/c1-3-4-16-13-19(25)24(15-21-16)14-20(26)23-11-9-22(10-12-23)17-5-7-18(27-2)8-6-17/h5-8,16,21H,3-4,9-15H2,1-2H3. The fourth-order valence-electron chi connectivity index (χ4n) is 3.71. The summed E-state index contributed by atoms with van der Waals surface area (Å²) in [5.74, 6) is 0.958. The number of rotatable bonds is 6. The maximum Gasteiger partial charge on any atom is 0.242 e. The maximum atomic E-state index is 12.6. The van der Waals surface area contributed by atoms with Crippen molar-refractivity contribution in [3.8, 4) is 5.75 Å². The minimum absolute atomic E-state index is 0.0356. The van der Waals surface area contributed by atoms with Gasteiger partial charge in [-0.05, 0) is 30.7 Å². The number of methoxy groups -OCH3 is 1. The lowest BCUT2D eigenvalue weighted by Gasteiger charge is -2.38. The molecule has 7 heteroatoms. The van der Waals surface area contributed by atoms with Gasteiger partial charge in [0.05, 0.1) is 13.8 Å². The number of hydrogen-bond acceptors (Lipinski definition) is 5. The van der Waals surface area contributed by atoms with Gasteiger partial charge in [-0.3, -0.25) is 14.9 Å². The van der Waals surface area contributed by atoms with E-state index in [4.69, 9.17) is 4.74 Å². The molecule has 1 atom stereocenters. The zero-order valence-corrected chi connectivity index (χ0v) is 16.3. The third-order valence-electron chi connectivity index (χ3n) is 5.38. The molecule has 27 heavy (non-hydrogen) atoms. The highest BCUT2D eigenvalue weighted by atomic mass is 16.5. The van der Waals surface area contributed by atoms with Crippen LogP contribution in [0.25, 0.3) is 0 Å². The van der Waals surface area contributed by atoms with Crippen molar-refractivity contribution in [1.82, 2.24) is 15.1 Å². The van der Waals surface area contributed by atoms with E-state index in [1.165, 1.54) is 0 Å². The van der Waals surface area contributed by atoms with Gasteiger partial charge in [0.15, 0.2) is 0 Å². The van der Waals surface area contributed by atoms with E-state index in [0.717, 1.165) is 37.4 Å². The molecule has 2 aliphatic heterocycles. The van der Waals surface area contributed by atoms with E-state index < -0.39 is 0 Å². The fourth-order valence-corrected chi connectivity index (χ4v) is 3.71. The summed E-state index contributed by atoms with van der Waals surface area (Å²) in [5.41, 5.74) is 1.14. The van der Waals surface area contributed by atoms with Crippen molar-refractivity contribution in [2.75, 3.05) is 51.4 Å². The number of hydrogen-bond donors (Lipinski definition) is 1. The van der Waals surface area contributed by atoms with Crippen LogP contribution in [0.4, 0.5) is 5.69 Å². The summed E-state index contributed by atoms with van der Waals surface area (Å²) in [5, 5.41) is 3.36. The summed E-state index contributed by atoms with van der Waals surface area (Å²) < 4.78 is 5.20. The Labute approximate surface area is 161 Å². The highest BCUT2D eigenvalue weighted by molar-refractivity contribution is 5.85. The van der Waals surface area contributed by atoms with Gasteiger partial charge in [0.2, 0.25) is 11.8 Å². The second-order valence-corrected chi connectivity index (χ2v) is 7.21. The van der Waals surface area contributed by atoms with Gasteiger partial charge in [0.25, 0.3) is 0 Å². The van der Waals surface area contributed by atoms with Crippen LogP contribution in [0.15, 0.2) is 24.3 Å². The maximum absolute atomic E-state index is 12.6. The molecule has 1 N–H and O–H groups in total. The number of benzene rings is 1. The Balaban J connectivity index is 1.46. The molecule has 2 amide bonds. The second-order valence-electron chi connectivity index (χ2n) is 7.21. The molecule has 0 saturated carbocycles. The Bertz CT molecular complexity index is 641. The van der Waals surface area contributed by atoms with Crippen LogP contribution in [-0.4, -0.2) is 74.2 Å². The molecule has 0 bridgehead atoms. The summed E-state index contributed by atoms with van der Waals surface area (Å²) in [6, 6.07) is 8.24. The van der Waals surface area contributed by atoms with Gasteiger partial charge in [0.1, 0.15) is 12.3 Å². The van der Waals surface area contributed by atoms with Gasteiger partial charge in [-0.25, -0.2) is 0 Å². The van der Waals surface area contributed by atoms with Gasteiger partial charge in [-0.15, -0.1) is 0 Å². The van der Waals surface area contributed by atoms with E-state index >= 15 is 0 Å². The summed E-state index contributed by atoms with van der Waals surface area (Å²) in [6.45, 7) is 5.71. The van der Waals surface area contributed by atoms with Crippen molar-refractivity contribution < 1.29 is 14.3 Å². The SMILES string of the molecule is CCCC1CC(=O)N(CC(=O)N2CCN(c3ccc(OC)cc3)CC2)CN1. The third-order valence-corrected chi connectivity index (χ3v) is 5.38. The van der Waals surface area contributed by atoms with E-state index in [-0.39, 0.29) is 24.4 Å². The molecule has 0 radical (unpaired) electrons. The van der Waals surface area contributed by atoms with Gasteiger partial charge >= 0.3 is 0 Å². The molecule has 2 fully saturated rings. The number of nitrogens with zero attached hydrogens (tertiary/aromatic N) is 3. The van der Waals surface area contributed by atoms with Gasteiger partial charge < -0.3 is 19.4 Å². The first kappa shape index (κ1) is 19.5. The van der Waals surface area contributed by atoms with E-state index in [2.05, 4.69) is 17.1 Å². The molecule has 3 rings (SSSR count). The highest BCUT2D eigenvalue weighted by Crippen LogP contribution is 2.20. The Morgan fingerprint density at radius 1 is 1.19 bits per heavy atom. The fraction of sp³-hybridized carbons (Fsp3) is 0.600. The Kier molecular flexibility index (Phi) is 6.55. The average Bonchev–Trinajstić information content (AvgIpc) is 2.70. The van der Waals surface area contributed by atoms with Crippen molar-refractivity contribution in [3.05, 3.63) is 24.3 Å². The molecule has 0 aliphatic carbocycles. The monoisotopic (exact) mass is 374 g/mol. The molecule has 0 spiro atoms. The summed E-state index contributed by atoms with van der Waals surface area (Å²) in [4.78, 5) is 30.7. The Hall–Kier alpha value is -2.28. The molecule has 1 aromatic carbocycles. The third kappa shape index (κ3) is 4.91. The van der Waals surface area contributed by atoms with Crippen molar-refractivity contribution in [2.45, 2.75) is 32.2 Å². The predicted octanol–water partition coefficient (Wildman–Crippen LogP) is 1.29. The topological polar surface area (TPSA) is 65.1 Å². The molecular weight excluding hydrogens is 344 g/mol. The normalized spacial score (nSPS) is 20.7. The molecule has 2 aliphatic rings. The molecule has 1 aromatic rings. The Morgan fingerprint density at radius 3 is 2.48 bits per heavy atom. The molecule has 2 heterocycles. The van der Waals surface area contributed by atoms with Crippen LogP contribution in [0.5, 0.6) is 5.75 Å². The predicted molar refractivity (Wildman–Crippen MR) is 105 cm³/mol. The zero-order chi connectivity index (χ0) is 19.2. The highest BCUT2D eigenvalue weighted by Gasteiger charge is 2.28. The lowest BCUT2D eigenvalue weighted by atomic mass is 10.1. The number of nitrogens with one attached hydrogen (secondary N) is 1. The molecule has 148 valence electrons. The summed E-state index contributed by atoms with van der Waals surface area (Å²) >= 11 is 0. The van der Waals surface area contributed by atoms with Crippen LogP contribution in [0.3, 0.4) is 0 Å². The molecule has 1 unspecified atom stereocenters. The minimum atomic E-state index is 0.0356. The quantitative estimate of drug-likeness (QED) is 0.813. The van der Waals surface area contributed by atoms with Crippen molar-refractivity contribution >= 4 is 17.5 Å². The van der Waals surface area contributed by atoms with E-state index in [0.29, 0.717) is 26.2 Å². The lowest BCUT2D eigenvalue weighted by molar-refractivity contribution is -0.143. The zero-order valence-electron chi connectivity index (χ0n) is 16.3. The van der Waals surface area contributed by atoms with Crippen LogP contribution in [-0.2, 0) is 9.59 Å². The largest absolute Gasteiger partial charge is 0.497 e. The van der Waals surface area contributed by atoms with E-state index in [9.17, 15) is 9.59 Å². The van der Waals surface area contributed by atoms with E-state index in [1.807, 2.05) is 29.2 Å². The molecule has 0 aromatic heterocycles. The number of piperazine rings is 1. The number of carbonyl (C=O) groups is 2. The number of anilines is 1. The minimum Gasteiger partial charge on any atom is -0.497 e. The smallest absolute Gasteiger partial charge is 0.242 e. The summed E-state index contributed by atoms with van der Waals surface area (Å²) in [7, 11) is 1.66. The van der Waals surface area contributed by atoms with Gasteiger partial charge in [-0.1, -0.05) is 13.3 Å². The van der Waals surface area contributed by atoms with Crippen LogP contribution >= 0.6 is 0 Å². The number of amides is 2. The van der Waals surface area contributed by atoms with Crippen molar-refractivity contribution in [3.63, 3.8) is 0 Å². The number of ether oxygens (including phenoxy) is 1. The van der Waals surface area contributed by atoms with Gasteiger partial charge in [-0.2, -0.15) is 0 Å².